The van der Waals surface area contributed by atoms with Crippen LogP contribution in [0.15, 0.2) is 12.2 Å². The van der Waals surface area contributed by atoms with E-state index in [-0.39, 0.29) is 11.8 Å². The number of allylic oxidation sites excluding steroid dienone is 2. The van der Waals surface area contributed by atoms with Gasteiger partial charge in [0.05, 0.1) is 5.41 Å². The van der Waals surface area contributed by atoms with E-state index in [9.17, 15) is 9.59 Å². The molecule has 2 heteroatoms. The second-order valence-corrected chi connectivity index (χ2v) is 6.37. The molecule has 3 fully saturated rings. The highest BCUT2D eigenvalue weighted by Crippen LogP contribution is 2.60. The lowest BCUT2D eigenvalue weighted by Crippen LogP contribution is -2.37. The van der Waals surface area contributed by atoms with Gasteiger partial charge in [0.25, 0.3) is 0 Å². The molecule has 4 atom stereocenters. The van der Waals surface area contributed by atoms with Gasteiger partial charge in [-0.05, 0) is 31.1 Å². The van der Waals surface area contributed by atoms with Crippen molar-refractivity contribution >= 4 is 11.6 Å². The Morgan fingerprint density at radius 3 is 1.94 bits per heavy atom. The normalized spacial score (nSPS) is 45.9. The minimum absolute atomic E-state index is 0.0654. The van der Waals surface area contributed by atoms with Gasteiger partial charge in [-0.2, -0.15) is 0 Å². The largest absolute Gasteiger partial charge is 0.298 e. The van der Waals surface area contributed by atoms with Crippen molar-refractivity contribution in [2.75, 3.05) is 0 Å². The number of ketones is 2. The average molecular weight is 230 g/mol. The van der Waals surface area contributed by atoms with Crippen molar-refractivity contribution < 1.29 is 9.59 Å². The lowest BCUT2D eigenvalue weighted by Gasteiger charge is -2.31. The maximum absolute atomic E-state index is 12.7. The number of hydrogen-bond acceptors (Lipinski definition) is 2. The molecule has 0 amide bonds. The summed E-state index contributed by atoms with van der Waals surface area (Å²) < 4.78 is 0. The SMILES string of the molecule is O=C1[C@@H]2[C@H](C(=O)C13CCCCC3)[C@@H]1C=C[C@H]2C1. The van der Waals surface area contributed by atoms with E-state index in [1.807, 2.05) is 0 Å². The Hall–Kier alpha value is -0.920. The Bertz CT molecular complexity index is 396. The third-order valence-corrected chi connectivity index (χ3v) is 5.72. The molecule has 4 rings (SSSR count). The second kappa shape index (κ2) is 3.09. The van der Waals surface area contributed by atoms with E-state index in [0.29, 0.717) is 23.4 Å². The maximum atomic E-state index is 12.7. The van der Waals surface area contributed by atoms with Crippen LogP contribution in [0.5, 0.6) is 0 Å². The molecule has 4 aliphatic carbocycles. The van der Waals surface area contributed by atoms with Gasteiger partial charge < -0.3 is 0 Å². The van der Waals surface area contributed by atoms with E-state index in [1.54, 1.807) is 0 Å². The molecule has 0 aromatic carbocycles. The van der Waals surface area contributed by atoms with Crippen LogP contribution in [-0.4, -0.2) is 11.6 Å². The van der Waals surface area contributed by atoms with Gasteiger partial charge in [0.1, 0.15) is 0 Å². The van der Waals surface area contributed by atoms with Crippen LogP contribution in [0.3, 0.4) is 0 Å². The fourth-order valence-corrected chi connectivity index (χ4v) is 4.94. The maximum Gasteiger partial charge on any atom is 0.150 e. The monoisotopic (exact) mass is 230 g/mol. The predicted molar refractivity (Wildman–Crippen MR) is 63.2 cm³/mol. The quantitative estimate of drug-likeness (QED) is 0.473. The van der Waals surface area contributed by atoms with Crippen LogP contribution in [0.1, 0.15) is 38.5 Å². The zero-order valence-electron chi connectivity index (χ0n) is 10.0. The molecule has 3 saturated carbocycles. The van der Waals surface area contributed by atoms with Crippen LogP contribution in [0.2, 0.25) is 0 Å². The summed E-state index contributed by atoms with van der Waals surface area (Å²) in [4.78, 5) is 25.4. The van der Waals surface area contributed by atoms with Gasteiger partial charge in [0.15, 0.2) is 11.6 Å². The summed E-state index contributed by atoms with van der Waals surface area (Å²) in [6, 6.07) is 0. The Morgan fingerprint density at radius 2 is 1.41 bits per heavy atom. The molecule has 0 heterocycles. The molecule has 0 N–H and O–H groups in total. The first kappa shape index (κ1) is 10.0. The highest BCUT2D eigenvalue weighted by Gasteiger charge is 2.66. The zero-order chi connectivity index (χ0) is 11.6. The van der Waals surface area contributed by atoms with E-state index in [2.05, 4.69) is 12.2 Å². The summed E-state index contributed by atoms with van der Waals surface area (Å²) >= 11 is 0. The van der Waals surface area contributed by atoms with E-state index in [0.717, 1.165) is 32.1 Å². The number of Topliss-reactive ketones (excluding diaryl/α,β-unsaturated/α-hetero) is 2. The van der Waals surface area contributed by atoms with Crippen molar-refractivity contribution in [2.45, 2.75) is 38.5 Å². The van der Waals surface area contributed by atoms with Gasteiger partial charge >= 0.3 is 0 Å². The molecule has 4 aliphatic rings. The van der Waals surface area contributed by atoms with Crippen molar-refractivity contribution in [3.63, 3.8) is 0 Å². The van der Waals surface area contributed by atoms with Crippen LogP contribution >= 0.6 is 0 Å². The third-order valence-electron chi connectivity index (χ3n) is 5.72. The van der Waals surface area contributed by atoms with Crippen molar-refractivity contribution in [3.8, 4) is 0 Å². The lowest BCUT2D eigenvalue weighted by atomic mass is 9.69. The smallest absolute Gasteiger partial charge is 0.150 e. The van der Waals surface area contributed by atoms with Gasteiger partial charge in [-0.15, -0.1) is 0 Å². The molecule has 2 nitrogen and oxygen atoms in total. The number of fused-ring (bicyclic) bond motifs is 5. The fourth-order valence-electron chi connectivity index (χ4n) is 4.94. The molecule has 0 aromatic rings. The molecule has 90 valence electrons. The molecule has 0 aliphatic heterocycles. The first-order valence-electron chi connectivity index (χ1n) is 7.01. The summed E-state index contributed by atoms with van der Waals surface area (Å²) in [6.45, 7) is 0. The summed E-state index contributed by atoms with van der Waals surface area (Å²) in [7, 11) is 0. The topological polar surface area (TPSA) is 34.1 Å². The average Bonchev–Trinajstić information content (AvgIpc) is 3.01. The number of carbonyl (C=O) groups excluding carboxylic acids is 2. The van der Waals surface area contributed by atoms with Crippen molar-refractivity contribution in [1.29, 1.82) is 0 Å². The Balaban J connectivity index is 1.77. The highest BCUT2D eigenvalue weighted by atomic mass is 16.2. The summed E-state index contributed by atoms with van der Waals surface area (Å²) in [5.41, 5.74) is -0.531. The van der Waals surface area contributed by atoms with Crippen LogP contribution in [0.25, 0.3) is 0 Å². The van der Waals surface area contributed by atoms with E-state index >= 15 is 0 Å². The van der Waals surface area contributed by atoms with Crippen LogP contribution < -0.4 is 0 Å². The summed E-state index contributed by atoms with van der Waals surface area (Å²) in [6.07, 6.45) is 10.5. The summed E-state index contributed by atoms with van der Waals surface area (Å²) in [5.74, 6) is 1.56. The third kappa shape index (κ3) is 1.03. The molecular formula is C15H18O2. The molecular weight excluding hydrogens is 212 g/mol. The predicted octanol–water partition coefficient (Wildman–Crippen LogP) is 2.53. The second-order valence-electron chi connectivity index (χ2n) is 6.37. The van der Waals surface area contributed by atoms with Crippen molar-refractivity contribution in [3.05, 3.63) is 12.2 Å². The van der Waals surface area contributed by atoms with E-state index < -0.39 is 5.41 Å². The van der Waals surface area contributed by atoms with Gasteiger partial charge in [0, 0.05) is 11.8 Å². The van der Waals surface area contributed by atoms with Crippen molar-refractivity contribution in [2.24, 2.45) is 29.1 Å². The van der Waals surface area contributed by atoms with Crippen LogP contribution in [-0.2, 0) is 9.59 Å². The standard InChI is InChI=1S/C15H18O2/c16-13-11-9-4-5-10(8-9)12(11)14(17)15(13)6-2-1-3-7-15/h4-5,9-12H,1-3,6-8H2/t9-,10+,11-,12+. The highest BCUT2D eigenvalue weighted by molar-refractivity contribution is 6.16. The number of rotatable bonds is 0. The first-order chi connectivity index (χ1) is 8.24. The van der Waals surface area contributed by atoms with Crippen molar-refractivity contribution in [1.82, 2.24) is 0 Å². The Morgan fingerprint density at radius 1 is 0.882 bits per heavy atom. The van der Waals surface area contributed by atoms with Gasteiger partial charge in [-0.25, -0.2) is 0 Å². The van der Waals surface area contributed by atoms with Crippen LogP contribution in [0, 0.1) is 29.1 Å². The molecule has 1 spiro atoms. The van der Waals surface area contributed by atoms with Crippen LogP contribution in [0.4, 0.5) is 0 Å². The number of hydrogen-bond donors (Lipinski definition) is 0. The molecule has 0 radical (unpaired) electrons. The van der Waals surface area contributed by atoms with E-state index in [1.165, 1.54) is 6.42 Å². The summed E-state index contributed by atoms with van der Waals surface area (Å²) in [5, 5.41) is 0. The Kier molecular flexibility index (Phi) is 1.83. The number of carbonyl (C=O) groups is 2. The first-order valence-corrected chi connectivity index (χ1v) is 7.01. The minimum Gasteiger partial charge on any atom is -0.298 e. The molecule has 17 heavy (non-hydrogen) atoms. The zero-order valence-corrected chi connectivity index (χ0v) is 10.0. The van der Waals surface area contributed by atoms with Gasteiger partial charge in [-0.1, -0.05) is 31.4 Å². The minimum atomic E-state index is -0.531. The van der Waals surface area contributed by atoms with Gasteiger partial charge in [-0.3, -0.25) is 9.59 Å². The van der Waals surface area contributed by atoms with Gasteiger partial charge in [0.2, 0.25) is 0 Å². The Labute approximate surface area is 101 Å². The molecule has 0 unspecified atom stereocenters. The fraction of sp³-hybridized carbons (Fsp3) is 0.733. The lowest BCUT2D eigenvalue weighted by molar-refractivity contribution is -0.139. The molecule has 0 saturated heterocycles. The molecule has 2 bridgehead atoms. The molecule has 0 aromatic heterocycles. The van der Waals surface area contributed by atoms with E-state index in [4.69, 9.17) is 0 Å².